The molecule has 10 heteroatoms. The second-order valence-corrected chi connectivity index (χ2v) is 7.42. The van der Waals surface area contributed by atoms with Gasteiger partial charge in [0.05, 0.1) is 49.7 Å². The Morgan fingerprint density at radius 1 is 1.09 bits per heavy atom. The molecule has 0 bridgehead atoms. The smallest absolute Gasteiger partial charge is 0.238 e. The minimum Gasteiger partial charge on any atom is -0.497 e. The molecule has 1 atom stereocenters. The van der Waals surface area contributed by atoms with Crippen LogP contribution in [0.1, 0.15) is 28.9 Å². The normalized spacial score (nSPS) is 16.3. The molecule has 0 amide bonds. The van der Waals surface area contributed by atoms with Crippen molar-refractivity contribution in [1.82, 2.24) is 29.5 Å². The molecular formula is C22H19N7O3. The topological polar surface area (TPSA) is 101 Å². The number of hydrogen-bond acceptors (Lipinski definition) is 8. The lowest BCUT2D eigenvalue weighted by Gasteiger charge is -2.14. The van der Waals surface area contributed by atoms with Crippen LogP contribution in [0, 0.1) is 0 Å². The minimum atomic E-state index is -0.326. The number of pyridine rings is 1. The summed E-state index contributed by atoms with van der Waals surface area (Å²) >= 11 is 0. The Balaban J connectivity index is 1.41. The fourth-order valence-electron chi connectivity index (χ4n) is 4.15. The van der Waals surface area contributed by atoms with Gasteiger partial charge in [-0.1, -0.05) is 5.21 Å². The second kappa shape index (κ2) is 7.19. The second-order valence-electron chi connectivity index (χ2n) is 7.42. The quantitative estimate of drug-likeness (QED) is 0.432. The maximum absolute atomic E-state index is 6.21. The van der Waals surface area contributed by atoms with Gasteiger partial charge in [-0.15, -0.1) is 5.10 Å². The summed E-state index contributed by atoms with van der Waals surface area (Å²) in [6, 6.07) is 9.54. The fourth-order valence-corrected chi connectivity index (χ4v) is 4.15. The Hall–Kier alpha value is -4.21. The lowest BCUT2D eigenvalue weighted by molar-refractivity contribution is 0.218. The number of aliphatic imine (C=N–C) groups is 1. The molecule has 0 radical (unpaired) electrons. The number of rotatable bonds is 4. The Morgan fingerprint density at radius 2 is 2.03 bits per heavy atom. The van der Waals surface area contributed by atoms with Crippen molar-refractivity contribution in [3.8, 4) is 22.9 Å². The number of imidazole rings is 1. The van der Waals surface area contributed by atoms with Crippen molar-refractivity contribution in [1.29, 1.82) is 0 Å². The Bertz CT molecular complexity index is 1360. The highest BCUT2D eigenvalue weighted by atomic mass is 16.5. The zero-order chi connectivity index (χ0) is 21.7. The van der Waals surface area contributed by atoms with Gasteiger partial charge in [0.15, 0.2) is 6.10 Å². The van der Waals surface area contributed by atoms with Gasteiger partial charge in [0.1, 0.15) is 29.2 Å². The van der Waals surface area contributed by atoms with Crippen LogP contribution in [-0.4, -0.2) is 56.2 Å². The monoisotopic (exact) mass is 429 g/mol. The van der Waals surface area contributed by atoms with Gasteiger partial charge in [-0.3, -0.25) is 9.55 Å². The predicted octanol–water partition coefficient (Wildman–Crippen LogP) is 2.29. The number of fused-ring (bicyclic) bond motifs is 5. The summed E-state index contributed by atoms with van der Waals surface area (Å²) in [5, 5.41) is 8.40. The molecule has 1 aromatic carbocycles. The van der Waals surface area contributed by atoms with Crippen LogP contribution in [0.4, 0.5) is 0 Å². The number of hydrogen-bond donors (Lipinski definition) is 0. The van der Waals surface area contributed by atoms with E-state index in [1.165, 1.54) is 0 Å². The Labute approximate surface area is 183 Å². The zero-order valence-electron chi connectivity index (χ0n) is 17.5. The van der Waals surface area contributed by atoms with E-state index in [9.17, 15) is 0 Å². The van der Waals surface area contributed by atoms with Crippen LogP contribution in [0.2, 0.25) is 0 Å². The van der Waals surface area contributed by atoms with E-state index >= 15 is 0 Å². The van der Waals surface area contributed by atoms with Gasteiger partial charge < -0.3 is 14.2 Å². The molecule has 1 unspecified atom stereocenters. The summed E-state index contributed by atoms with van der Waals surface area (Å²) in [5.41, 5.74) is 5.08. The molecule has 2 aliphatic heterocycles. The zero-order valence-corrected chi connectivity index (χ0v) is 17.5. The first-order valence-electron chi connectivity index (χ1n) is 10.1. The number of methoxy groups -OCH3 is 2. The molecule has 0 spiro atoms. The molecule has 0 N–H and O–H groups in total. The minimum absolute atomic E-state index is 0.326. The van der Waals surface area contributed by atoms with Gasteiger partial charge >= 0.3 is 0 Å². The van der Waals surface area contributed by atoms with E-state index in [-0.39, 0.29) is 6.10 Å². The van der Waals surface area contributed by atoms with E-state index in [0.29, 0.717) is 30.3 Å². The number of ether oxygens (including phenoxy) is 3. The lowest BCUT2D eigenvalue weighted by atomic mass is 10.2. The summed E-state index contributed by atoms with van der Waals surface area (Å²) in [6.07, 6.45) is 5.51. The van der Waals surface area contributed by atoms with Gasteiger partial charge in [0, 0.05) is 18.7 Å². The van der Waals surface area contributed by atoms with Gasteiger partial charge in [-0.2, -0.15) is 0 Å². The van der Waals surface area contributed by atoms with E-state index in [1.807, 2.05) is 39.6 Å². The van der Waals surface area contributed by atoms with Crippen molar-refractivity contribution in [2.75, 3.05) is 20.8 Å². The van der Waals surface area contributed by atoms with Crippen molar-refractivity contribution in [3.63, 3.8) is 0 Å². The maximum atomic E-state index is 6.21. The third kappa shape index (κ3) is 2.76. The molecule has 3 aromatic heterocycles. The molecule has 0 saturated carbocycles. The predicted molar refractivity (Wildman–Crippen MR) is 114 cm³/mol. The fraction of sp³-hybridized carbons (Fsp3) is 0.227. The van der Waals surface area contributed by atoms with Crippen molar-refractivity contribution < 1.29 is 14.2 Å². The van der Waals surface area contributed by atoms with Crippen LogP contribution in [0.3, 0.4) is 0 Å². The van der Waals surface area contributed by atoms with Crippen molar-refractivity contribution in [2.45, 2.75) is 12.5 Å². The molecule has 160 valence electrons. The molecule has 4 aromatic rings. The van der Waals surface area contributed by atoms with Gasteiger partial charge in [-0.25, -0.2) is 14.7 Å². The first-order valence-corrected chi connectivity index (χ1v) is 10.1. The van der Waals surface area contributed by atoms with Gasteiger partial charge in [0.2, 0.25) is 5.90 Å². The van der Waals surface area contributed by atoms with E-state index in [4.69, 9.17) is 14.2 Å². The average molecular weight is 429 g/mol. The Morgan fingerprint density at radius 3 is 2.91 bits per heavy atom. The van der Waals surface area contributed by atoms with Crippen molar-refractivity contribution in [2.24, 2.45) is 4.99 Å². The molecule has 5 heterocycles. The largest absolute Gasteiger partial charge is 0.497 e. The van der Waals surface area contributed by atoms with Crippen molar-refractivity contribution in [3.05, 3.63) is 71.8 Å². The highest BCUT2D eigenvalue weighted by Gasteiger charge is 2.32. The third-order valence-corrected chi connectivity index (χ3v) is 5.69. The molecule has 0 aliphatic carbocycles. The number of benzene rings is 1. The lowest BCUT2D eigenvalue weighted by Crippen LogP contribution is -2.12. The average Bonchev–Trinajstić information content (AvgIpc) is 3.57. The van der Waals surface area contributed by atoms with E-state index in [1.54, 1.807) is 32.9 Å². The van der Waals surface area contributed by atoms with Crippen LogP contribution in [-0.2, 0) is 11.2 Å². The van der Waals surface area contributed by atoms with Crippen LogP contribution in [0.15, 0.2) is 54.0 Å². The summed E-state index contributed by atoms with van der Waals surface area (Å²) < 4.78 is 20.9. The standard InChI is InChI=1S/C22H19N7O3/c1-30-14-5-6-15-16(9-14)29-13(10-26-27-29)8-17-20(25-12-28(15)17)22-24-11-19(32-22)21-18(31-2)4-3-7-23-21/h3-7,9-10,12,19H,8,11H2,1-2H3. The maximum Gasteiger partial charge on any atom is 0.238 e. The summed E-state index contributed by atoms with van der Waals surface area (Å²) in [7, 11) is 3.26. The molecule has 32 heavy (non-hydrogen) atoms. The van der Waals surface area contributed by atoms with Crippen LogP contribution in [0.25, 0.3) is 11.4 Å². The molecule has 0 saturated heterocycles. The van der Waals surface area contributed by atoms with E-state index in [2.05, 4.69) is 25.3 Å². The van der Waals surface area contributed by atoms with E-state index in [0.717, 1.165) is 34.2 Å². The van der Waals surface area contributed by atoms with Crippen LogP contribution >= 0.6 is 0 Å². The number of nitrogens with zero attached hydrogens (tertiary/aromatic N) is 7. The summed E-state index contributed by atoms with van der Waals surface area (Å²) in [6.45, 7) is 0.447. The first-order chi connectivity index (χ1) is 15.8. The molecule has 6 rings (SSSR count). The summed E-state index contributed by atoms with van der Waals surface area (Å²) in [5.74, 6) is 1.91. The highest BCUT2D eigenvalue weighted by Crippen LogP contribution is 2.34. The molecular weight excluding hydrogens is 410 g/mol. The van der Waals surface area contributed by atoms with Crippen LogP contribution in [0.5, 0.6) is 11.5 Å². The first kappa shape index (κ1) is 18.6. The van der Waals surface area contributed by atoms with Gasteiger partial charge in [-0.05, 0) is 24.3 Å². The van der Waals surface area contributed by atoms with Crippen molar-refractivity contribution >= 4 is 5.90 Å². The van der Waals surface area contributed by atoms with Crippen LogP contribution < -0.4 is 9.47 Å². The molecule has 0 fully saturated rings. The SMILES string of the molecule is COc1ccc2c(c1)-n1nncc1Cc1c(C3=NCC(c4ncccc4OC)O3)ncn1-2. The third-order valence-electron chi connectivity index (χ3n) is 5.69. The Kier molecular flexibility index (Phi) is 4.17. The molecule has 10 nitrogen and oxygen atoms in total. The molecule has 2 aliphatic rings. The summed E-state index contributed by atoms with van der Waals surface area (Å²) in [4.78, 5) is 13.7. The highest BCUT2D eigenvalue weighted by molar-refractivity contribution is 5.95. The van der Waals surface area contributed by atoms with E-state index < -0.39 is 0 Å². The number of aromatic nitrogens is 6. The van der Waals surface area contributed by atoms with Gasteiger partial charge in [0.25, 0.3) is 0 Å².